The molecule has 0 unspecified atom stereocenters. The maximum atomic E-state index is 13.4. The van der Waals surface area contributed by atoms with E-state index < -0.39 is 10.0 Å². The molecule has 1 aliphatic heterocycles. The number of benzene rings is 2. The second kappa shape index (κ2) is 10.9. The van der Waals surface area contributed by atoms with Gasteiger partial charge in [0.1, 0.15) is 5.82 Å². The fourth-order valence-electron chi connectivity index (χ4n) is 4.65. The SMILES string of the molecule is Cc1cc(Nc2ccc(F)cc2)c(C=N)cc1[C@H]1CN(S(=O)(=O)c2ccccn2)CCN1CC(C)C. The lowest BCUT2D eigenvalue weighted by Gasteiger charge is -2.42. The van der Waals surface area contributed by atoms with Crippen LogP contribution in [0.15, 0.2) is 65.8 Å². The minimum Gasteiger partial charge on any atom is -0.355 e. The molecule has 0 aliphatic carbocycles. The van der Waals surface area contributed by atoms with Gasteiger partial charge in [-0.25, -0.2) is 17.8 Å². The summed E-state index contributed by atoms with van der Waals surface area (Å²) in [7, 11) is -3.73. The summed E-state index contributed by atoms with van der Waals surface area (Å²) in [6.45, 7) is 8.43. The Morgan fingerprint density at radius 2 is 1.92 bits per heavy atom. The Balaban J connectivity index is 1.69. The van der Waals surface area contributed by atoms with Crippen LogP contribution in [0, 0.1) is 24.1 Å². The lowest BCUT2D eigenvalue weighted by atomic mass is 9.94. The first-order valence-corrected chi connectivity index (χ1v) is 13.5. The smallest absolute Gasteiger partial charge is 0.260 e. The molecular weight excluding hydrogens is 477 g/mol. The van der Waals surface area contributed by atoms with Gasteiger partial charge >= 0.3 is 0 Å². The van der Waals surface area contributed by atoms with Gasteiger partial charge < -0.3 is 10.7 Å². The van der Waals surface area contributed by atoms with Crippen molar-refractivity contribution in [1.82, 2.24) is 14.2 Å². The van der Waals surface area contributed by atoms with Gasteiger partial charge in [0.2, 0.25) is 0 Å². The number of halogens is 1. The zero-order valence-corrected chi connectivity index (χ0v) is 21.6. The van der Waals surface area contributed by atoms with E-state index in [0.717, 1.165) is 29.0 Å². The van der Waals surface area contributed by atoms with Crippen LogP contribution >= 0.6 is 0 Å². The van der Waals surface area contributed by atoms with Gasteiger partial charge in [0, 0.05) is 61.6 Å². The molecule has 2 N–H and O–H groups in total. The molecule has 0 bridgehead atoms. The summed E-state index contributed by atoms with van der Waals surface area (Å²) in [6, 6.07) is 14.7. The lowest BCUT2D eigenvalue weighted by molar-refractivity contribution is 0.105. The van der Waals surface area contributed by atoms with Crippen LogP contribution in [-0.2, 0) is 10.0 Å². The average molecular weight is 510 g/mol. The number of anilines is 2. The van der Waals surface area contributed by atoms with E-state index in [0.29, 0.717) is 31.1 Å². The molecule has 0 saturated carbocycles. The first-order valence-electron chi connectivity index (χ1n) is 12.0. The molecule has 1 aliphatic rings. The van der Waals surface area contributed by atoms with Crippen LogP contribution in [0.5, 0.6) is 0 Å². The van der Waals surface area contributed by atoms with E-state index in [2.05, 4.69) is 29.0 Å². The molecule has 2 heterocycles. The van der Waals surface area contributed by atoms with Crippen molar-refractivity contribution in [1.29, 1.82) is 5.41 Å². The second-order valence-corrected chi connectivity index (χ2v) is 11.4. The summed E-state index contributed by atoms with van der Waals surface area (Å²) in [5.41, 5.74) is 4.11. The third-order valence-corrected chi connectivity index (χ3v) is 8.15. The van der Waals surface area contributed by atoms with Crippen LogP contribution in [0.4, 0.5) is 15.8 Å². The Morgan fingerprint density at radius 1 is 1.17 bits per heavy atom. The monoisotopic (exact) mass is 509 g/mol. The van der Waals surface area contributed by atoms with E-state index in [-0.39, 0.29) is 16.9 Å². The highest BCUT2D eigenvalue weighted by Crippen LogP contribution is 2.34. The highest BCUT2D eigenvalue weighted by Gasteiger charge is 2.36. The van der Waals surface area contributed by atoms with E-state index in [1.807, 2.05) is 19.1 Å². The van der Waals surface area contributed by atoms with Crippen LogP contribution in [0.3, 0.4) is 0 Å². The molecule has 0 radical (unpaired) electrons. The summed E-state index contributed by atoms with van der Waals surface area (Å²) in [4.78, 5) is 6.42. The second-order valence-electron chi connectivity index (χ2n) is 9.51. The van der Waals surface area contributed by atoms with Crippen molar-refractivity contribution in [3.05, 3.63) is 83.3 Å². The van der Waals surface area contributed by atoms with Crippen molar-refractivity contribution in [3.8, 4) is 0 Å². The van der Waals surface area contributed by atoms with Gasteiger partial charge in [0.15, 0.2) is 5.03 Å². The van der Waals surface area contributed by atoms with Crippen LogP contribution in [0.1, 0.15) is 36.6 Å². The van der Waals surface area contributed by atoms with Crippen LogP contribution < -0.4 is 5.32 Å². The maximum absolute atomic E-state index is 13.4. The molecule has 36 heavy (non-hydrogen) atoms. The lowest BCUT2D eigenvalue weighted by Crippen LogP contribution is -2.51. The Morgan fingerprint density at radius 3 is 2.56 bits per heavy atom. The first kappa shape index (κ1) is 25.9. The molecular formula is C27H32FN5O2S. The Labute approximate surface area is 212 Å². The van der Waals surface area contributed by atoms with Crippen molar-refractivity contribution in [3.63, 3.8) is 0 Å². The van der Waals surface area contributed by atoms with Gasteiger partial charge in [-0.3, -0.25) is 4.90 Å². The summed E-state index contributed by atoms with van der Waals surface area (Å²) in [5.74, 6) is 0.0977. The molecule has 7 nitrogen and oxygen atoms in total. The van der Waals surface area contributed by atoms with Gasteiger partial charge in [0.25, 0.3) is 10.0 Å². The number of hydrogen-bond acceptors (Lipinski definition) is 6. The number of rotatable bonds is 8. The van der Waals surface area contributed by atoms with Gasteiger partial charge in [0.05, 0.1) is 0 Å². The molecule has 4 rings (SSSR count). The zero-order valence-electron chi connectivity index (χ0n) is 20.8. The van der Waals surface area contributed by atoms with Gasteiger partial charge in [-0.05, 0) is 72.5 Å². The largest absolute Gasteiger partial charge is 0.355 e. The Kier molecular flexibility index (Phi) is 7.82. The molecule has 3 aromatic rings. The predicted octanol–water partition coefficient (Wildman–Crippen LogP) is 4.97. The number of pyridine rings is 1. The molecule has 0 spiro atoms. The molecule has 0 amide bonds. The quantitative estimate of drug-likeness (QED) is 0.419. The predicted molar refractivity (Wildman–Crippen MR) is 141 cm³/mol. The highest BCUT2D eigenvalue weighted by atomic mass is 32.2. The van der Waals surface area contributed by atoms with E-state index in [4.69, 9.17) is 5.41 Å². The van der Waals surface area contributed by atoms with Crippen LogP contribution in [0.2, 0.25) is 0 Å². The number of nitrogens with zero attached hydrogens (tertiary/aromatic N) is 3. The fraction of sp³-hybridized carbons (Fsp3) is 0.333. The Hall–Kier alpha value is -3.14. The van der Waals surface area contributed by atoms with Crippen molar-refractivity contribution in [2.45, 2.75) is 31.8 Å². The third kappa shape index (κ3) is 5.64. The third-order valence-electron chi connectivity index (χ3n) is 6.37. The number of hydrogen-bond donors (Lipinski definition) is 2. The van der Waals surface area contributed by atoms with Crippen molar-refractivity contribution in [2.24, 2.45) is 5.92 Å². The molecule has 9 heteroatoms. The van der Waals surface area contributed by atoms with Gasteiger partial charge in [-0.2, -0.15) is 4.31 Å². The maximum Gasteiger partial charge on any atom is 0.260 e. The van der Waals surface area contributed by atoms with Crippen molar-refractivity contribution in [2.75, 3.05) is 31.5 Å². The molecule has 1 atom stereocenters. The number of nitrogens with one attached hydrogen (secondary N) is 2. The van der Waals surface area contributed by atoms with Crippen molar-refractivity contribution < 1.29 is 12.8 Å². The summed E-state index contributed by atoms with van der Waals surface area (Å²) in [5, 5.41) is 11.4. The van der Waals surface area contributed by atoms with E-state index in [1.165, 1.54) is 34.9 Å². The number of aryl methyl sites for hydroxylation is 1. The normalized spacial score (nSPS) is 17.3. The van der Waals surface area contributed by atoms with E-state index in [9.17, 15) is 12.8 Å². The Bertz CT molecular complexity index is 1310. The van der Waals surface area contributed by atoms with E-state index >= 15 is 0 Å². The van der Waals surface area contributed by atoms with Crippen molar-refractivity contribution >= 4 is 27.6 Å². The topological polar surface area (TPSA) is 89.4 Å². The molecule has 1 saturated heterocycles. The molecule has 190 valence electrons. The number of piperazine rings is 1. The standard InChI is InChI=1S/C27H32FN5O2S/c1-19(2)17-32-12-13-33(36(34,35)27-6-4-5-11-30-27)18-26(32)24-15-21(16-29)25(14-20(24)3)31-23-9-7-22(28)8-10-23/h4-11,14-16,19,26,29,31H,12-13,17-18H2,1-3H3/t26-/m1/s1. The molecule has 1 fully saturated rings. The summed E-state index contributed by atoms with van der Waals surface area (Å²) in [6.07, 6.45) is 2.78. The molecule has 2 aromatic carbocycles. The number of sulfonamides is 1. The highest BCUT2D eigenvalue weighted by molar-refractivity contribution is 7.89. The summed E-state index contributed by atoms with van der Waals surface area (Å²) < 4.78 is 41.6. The summed E-state index contributed by atoms with van der Waals surface area (Å²) >= 11 is 0. The fourth-order valence-corrected chi connectivity index (χ4v) is 6.01. The first-order chi connectivity index (χ1) is 17.2. The molecule has 1 aromatic heterocycles. The van der Waals surface area contributed by atoms with E-state index in [1.54, 1.807) is 24.3 Å². The average Bonchev–Trinajstić information content (AvgIpc) is 2.86. The number of aromatic nitrogens is 1. The minimum atomic E-state index is -3.73. The van der Waals surface area contributed by atoms with Gasteiger partial charge in [-0.1, -0.05) is 19.9 Å². The van der Waals surface area contributed by atoms with Crippen LogP contribution in [-0.4, -0.2) is 55.0 Å². The van der Waals surface area contributed by atoms with Crippen LogP contribution in [0.25, 0.3) is 0 Å². The van der Waals surface area contributed by atoms with Gasteiger partial charge in [-0.15, -0.1) is 0 Å². The zero-order chi connectivity index (χ0) is 25.9. The minimum absolute atomic E-state index is 0.0526.